The van der Waals surface area contributed by atoms with Crippen molar-refractivity contribution in [2.75, 3.05) is 7.11 Å². The van der Waals surface area contributed by atoms with Gasteiger partial charge in [0.25, 0.3) is 0 Å². The summed E-state index contributed by atoms with van der Waals surface area (Å²) in [5, 5.41) is 0.892. The van der Waals surface area contributed by atoms with Crippen LogP contribution in [-0.2, 0) is 0 Å². The van der Waals surface area contributed by atoms with Gasteiger partial charge in [-0.1, -0.05) is 12.1 Å². The highest BCUT2D eigenvalue weighted by Gasteiger charge is 2.15. The molecule has 0 N–H and O–H groups in total. The van der Waals surface area contributed by atoms with E-state index < -0.39 is 0 Å². The molecule has 0 aliphatic carbocycles. The van der Waals surface area contributed by atoms with E-state index in [9.17, 15) is 4.79 Å². The summed E-state index contributed by atoms with van der Waals surface area (Å²) in [5.74, 6) is 0.955. The van der Waals surface area contributed by atoms with Gasteiger partial charge >= 0.3 is 0 Å². The van der Waals surface area contributed by atoms with Gasteiger partial charge in [-0.3, -0.25) is 4.79 Å². The van der Waals surface area contributed by atoms with Crippen LogP contribution in [0.25, 0.3) is 11.0 Å². The van der Waals surface area contributed by atoms with Gasteiger partial charge in [-0.15, -0.1) is 0 Å². The van der Waals surface area contributed by atoms with Crippen molar-refractivity contribution < 1.29 is 13.9 Å². The second-order valence-electron chi connectivity index (χ2n) is 5.14. The van der Waals surface area contributed by atoms with Crippen LogP contribution in [0, 0.1) is 13.8 Å². The Labute approximate surface area is 123 Å². The molecule has 0 fully saturated rings. The largest absolute Gasteiger partial charge is 0.497 e. The molecular weight excluding hydrogens is 264 g/mol. The summed E-state index contributed by atoms with van der Waals surface area (Å²) < 4.78 is 10.8. The predicted molar refractivity (Wildman–Crippen MR) is 82.1 cm³/mol. The minimum absolute atomic E-state index is 0.103. The van der Waals surface area contributed by atoms with E-state index in [-0.39, 0.29) is 5.78 Å². The Morgan fingerprint density at radius 1 is 1.00 bits per heavy atom. The average Bonchev–Trinajstić information content (AvgIpc) is 2.92. The zero-order chi connectivity index (χ0) is 15.0. The minimum Gasteiger partial charge on any atom is -0.497 e. The van der Waals surface area contributed by atoms with Crippen LogP contribution >= 0.6 is 0 Å². The van der Waals surface area contributed by atoms with Crippen molar-refractivity contribution in [3.05, 3.63) is 64.9 Å². The van der Waals surface area contributed by atoms with Crippen LogP contribution in [0.2, 0.25) is 0 Å². The summed E-state index contributed by atoms with van der Waals surface area (Å²) in [6.07, 6.45) is 0. The Bertz CT molecular complexity index is 828. The summed E-state index contributed by atoms with van der Waals surface area (Å²) in [6, 6.07) is 13.0. The number of hydrogen-bond acceptors (Lipinski definition) is 3. The molecule has 0 amide bonds. The van der Waals surface area contributed by atoms with Gasteiger partial charge < -0.3 is 9.15 Å². The topological polar surface area (TPSA) is 39.4 Å². The molecule has 0 atom stereocenters. The zero-order valence-electron chi connectivity index (χ0n) is 12.3. The Kier molecular flexibility index (Phi) is 3.26. The lowest BCUT2D eigenvalue weighted by Crippen LogP contribution is -2.00. The van der Waals surface area contributed by atoms with Crippen LogP contribution in [0.15, 0.2) is 46.9 Å². The number of rotatable bonds is 3. The molecule has 0 radical (unpaired) electrons. The molecule has 0 spiro atoms. The normalized spacial score (nSPS) is 10.8. The number of carbonyl (C=O) groups is 1. The molecule has 0 unspecified atom stereocenters. The number of benzene rings is 2. The van der Waals surface area contributed by atoms with Crippen molar-refractivity contribution in [3.8, 4) is 5.75 Å². The van der Waals surface area contributed by atoms with Crippen molar-refractivity contribution in [2.45, 2.75) is 13.8 Å². The van der Waals surface area contributed by atoms with E-state index >= 15 is 0 Å². The van der Waals surface area contributed by atoms with E-state index in [4.69, 9.17) is 9.15 Å². The monoisotopic (exact) mass is 280 g/mol. The fourth-order valence-corrected chi connectivity index (χ4v) is 2.28. The molecule has 2 aromatic carbocycles. The number of fused-ring (bicyclic) bond motifs is 1. The first-order chi connectivity index (χ1) is 10.1. The first-order valence-corrected chi connectivity index (χ1v) is 6.78. The molecule has 0 saturated carbocycles. The third-order valence-electron chi connectivity index (χ3n) is 3.72. The summed E-state index contributed by atoms with van der Waals surface area (Å²) in [5.41, 5.74) is 3.56. The van der Waals surface area contributed by atoms with Crippen LogP contribution in [0.3, 0.4) is 0 Å². The molecule has 0 saturated heterocycles. The minimum atomic E-state index is -0.103. The number of methoxy groups -OCH3 is 1. The van der Waals surface area contributed by atoms with Gasteiger partial charge in [-0.25, -0.2) is 0 Å². The van der Waals surface area contributed by atoms with Crippen molar-refractivity contribution in [2.24, 2.45) is 0 Å². The Morgan fingerprint density at radius 2 is 1.81 bits per heavy atom. The molecule has 106 valence electrons. The molecule has 3 rings (SSSR count). The van der Waals surface area contributed by atoms with Gasteiger partial charge in [-0.2, -0.15) is 0 Å². The smallest absolute Gasteiger partial charge is 0.228 e. The maximum Gasteiger partial charge on any atom is 0.228 e. The number of ether oxygens (including phenoxy) is 1. The van der Waals surface area contributed by atoms with Crippen LogP contribution in [-0.4, -0.2) is 12.9 Å². The van der Waals surface area contributed by atoms with E-state index in [1.165, 1.54) is 5.56 Å². The van der Waals surface area contributed by atoms with Crippen molar-refractivity contribution >= 4 is 16.8 Å². The van der Waals surface area contributed by atoms with Crippen LogP contribution in [0.4, 0.5) is 0 Å². The summed E-state index contributed by atoms with van der Waals surface area (Å²) in [4.78, 5) is 12.5. The van der Waals surface area contributed by atoms with Gasteiger partial charge in [0.15, 0.2) is 5.76 Å². The number of carbonyl (C=O) groups excluding carboxylic acids is 1. The van der Waals surface area contributed by atoms with Crippen LogP contribution in [0.5, 0.6) is 5.75 Å². The van der Waals surface area contributed by atoms with Gasteiger partial charge in [0.2, 0.25) is 5.78 Å². The molecule has 0 aliphatic heterocycles. The highest BCUT2D eigenvalue weighted by molar-refractivity contribution is 6.09. The third-order valence-corrected chi connectivity index (χ3v) is 3.72. The first kappa shape index (κ1) is 13.4. The van der Waals surface area contributed by atoms with Gasteiger partial charge in [-0.05, 0) is 49.2 Å². The second-order valence-corrected chi connectivity index (χ2v) is 5.14. The molecule has 1 aromatic heterocycles. The molecule has 1 heterocycles. The maximum absolute atomic E-state index is 12.5. The number of hydrogen-bond donors (Lipinski definition) is 0. The number of aryl methyl sites for hydroxylation is 2. The number of ketones is 1. The van der Waals surface area contributed by atoms with E-state index in [0.717, 1.165) is 10.9 Å². The highest BCUT2D eigenvalue weighted by atomic mass is 16.5. The Hall–Kier alpha value is -2.55. The molecule has 3 heteroatoms. The SMILES string of the molecule is COc1ccc2cc(C(=O)c3ccc(C)c(C)c3)oc2c1. The Morgan fingerprint density at radius 3 is 2.52 bits per heavy atom. The van der Waals surface area contributed by atoms with Gasteiger partial charge in [0.05, 0.1) is 7.11 Å². The second kappa shape index (κ2) is 5.09. The molecule has 3 nitrogen and oxygen atoms in total. The lowest BCUT2D eigenvalue weighted by atomic mass is 10.0. The molecule has 3 aromatic rings. The zero-order valence-corrected chi connectivity index (χ0v) is 12.3. The van der Waals surface area contributed by atoms with E-state index in [0.29, 0.717) is 22.7 Å². The quantitative estimate of drug-likeness (QED) is 0.672. The van der Waals surface area contributed by atoms with E-state index in [2.05, 4.69) is 0 Å². The maximum atomic E-state index is 12.5. The predicted octanol–water partition coefficient (Wildman–Crippen LogP) is 4.29. The van der Waals surface area contributed by atoms with Crippen molar-refractivity contribution in [3.63, 3.8) is 0 Å². The fraction of sp³-hybridized carbons (Fsp3) is 0.167. The number of furan rings is 1. The van der Waals surface area contributed by atoms with E-state index in [1.54, 1.807) is 19.2 Å². The fourth-order valence-electron chi connectivity index (χ4n) is 2.28. The lowest BCUT2D eigenvalue weighted by molar-refractivity contribution is 0.101. The molecule has 0 aliphatic rings. The average molecular weight is 280 g/mol. The van der Waals surface area contributed by atoms with Crippen LogP contribution in [0.1, 0.15) is 27.2 Å². The van der Waals surface area contributed by atoms with Crippen LogP contribution < -0.4 is 4.74 Å². The van der Waals surface area contributed by atoms with Crippen molar-refractivity contribution in [1.29, 1.82) is 0 Å². The Balaban J connectivity index is 2.02. The van der Waals surface area contributed by atoms with Gasteiger partial charge in [0.1, 0.15) is 11.3 Å². The summed E-state index contributed by atoms with van der Waals surface area (Å²) in [7, 11) is 1.60. The first-order valence-electron chi connectivity index (χ1n) is 6.78. The molecule has 21 heavy (non-hydrogen) atoms. The standard InChI is InChI=1S/C18H16O3/c1-11-4-5-14(8-12(11)2)18(19)17-9-13-6-7-15(20-3)10-16(13)21-17/h4-10H,1-3H3. The lowest BCUT2D eigenvalue weighted by Gasteiger charge is -2.02. The van der Waals surface area contributed by atoms with Gasteiger partial charge in [0, 0.05) is 17.0 Å². The third kappa shape index (κ3) is 2.42. The summed E-state index contributed by atoms with van der Waals surface area (Å²) in [6.45, 7) is 4.02. The molecule has 0 bridgehead atoms. The molecular formula is C18H16O3. The van der Waals surface area contributed by atoms with E-state index in [1.807, 2.05) is 44.2 Å². The highest BCUT2D eigenvalue weighted by Crippen LogP contribution is 2.26. The van der Waals surface area contributed by atoms with Crippen molar-refractivity contribution in [1.82, 2.24) is 0 Å². The summed E-state index contributed by atoms with van der Waals surface area (Å²) >= 11 is 0.